The third-order valence-electron chi connectivity index (χ3n) is 4.82. The molecule has 0 heterocycles. The quantitative estimate of drug-likeness (QED) is 0.284. The minimum absolute atomic E-state index is 0.0621. The Labute approximate surface area is 186 Å². The zero-order valence-corrected chi connectivity index (χ0v) is 17.8. The predicted octanol–water partition coefficient (Wildman–Crippen LogP) is 6.85. The van der Waals surface area contributed by atoms with E-state index in [2.05, 4.69) is 36.5 Å². The number of fused-ring (bicyclic) bond motifs is 1. The molecule has 150 valence electrons. The van der Waals surface area contributed by atoms with Crippen LogP contribution >= 0.6 is 11.8 Å². The fraction of sp³-hybridized carbons (Fsp3) is 0.0370. The van der Waals surface area contributed by atoms with E-state index in [1.807, 2.05) is 72.8 Å². The summed E-state index contributed by atoms with van der Waals surface area (Å²) < 4.78 is 0. The summed E-state index contributed by atoms with van der Waals surface area (Å²) in [5.74, 6) is -0.420. The summed E-state index contributed by atoms with van der Waals surface area (Å²) in [5, 5.41) is 14.4. The third-order valence-corrected chi connectivity index (χ3v) is 5.84. The summed E-state index contributed by atoms with van der Waals surface area (Å²) in [6, 6.07) is 31.8. The summed E-state index contributed by atoms with van der Waals surface area (Å²) in [6.07, 6.45) is 1.61. The number of carbonyl (C=O) groups is 1. The van der Waals surface area contributed by atoms with Gasteiger partial charge in [0.1, 0.15) is 11.6 Å². The molecule has 4 heteroatoms. The molecule has 0 aliphatic heterocycles. The number of nitrogens with zero attached hydrogens (tertiary/aromatic N) is 1. The maximum absolute atomic E-state index is 12.6. The molecule has 0 fully saturated rings. The lowest BCUT2D eigenvalue weighted by Crippen LogP contribution is -2.13. The van der Waals surface area contributed by atoms with E-state index in [9.17, 15) is 10.1 Å². The van der Waals surface area contributed by atoms with Crippen molar-refractivity contribution in [3.63, 3.8) is 0 Å². The highest BCUT2D eigenvalue weighted by atomic mass is 32.2. The maximum Gasteiger partial charge on any atom is 0.266 e. The van der Waals surface area contributed by atoms with Gasteiger partial charge in [0.05, 0.1) is 0 Å². The van der Waals surface area contributed by atoms with Crippen molar-refractivity contribution < 1.29 is 4.79 Å². The van der Waals surface area contributed by atoms with Gasteiger partial charge in [-0.3, -0.25) is 4.79 Å². The molecule has 0 spiro atoms. The van der Waals surface area contributed by atoms with Crippen LogP contribution in [0.2, 0.25) is 0 Å². The molecule has 0 saturated heterocycles. The third kappa shape index (κ3) is 5.22. The molecular weight excluding hydrogens is 400 g/mol. The normalized spacial score (nSPS) is 11.2. The highest BCUT2D eigenvalue weighted by Gasteiger charge is 2.10. The van der Waals surface area contributed by atoms with Crippen LogP contribution in [0, 0.1) is 18.3 Å². The molecule has 0 aliphatic carbocycles. The molecule has 1 amide bonds. The average Bonchev–Trinajstić information content (AvgIpc) is 2.80. The number of benzene rings is 4. The van der Waals surface area contributed by atoms with E-state index in [0.29, 0.717) is 5.69 Å². The van der Waals surface area contributed by atoms with Gasteiger partial charge in [-0.05, 0) is 65.7 Å². The second kappa shape index (κ2) is 9.34. The molecule has 0 saturated carbocycles. The van der Waals surface area contributed by atoms with Crippen molar-refractivity contribution in [2.45, 2.75) is 16.7 Å². The van der Waals surface area contributed by atoms with Crippen molar-refractivity contribution in [3.05, 3.63) is 108 Å². The number of nitrogens with one attached hydrogen (secondary N) is 1. The largest absolute Gasteiger partial charge is 0.321 e. The molecule has 0 aromatic heterocycles. The van der Waals surface area contributed by atoms with Crippen LogP contribution in [0.1, 0.15) is 11.1 Å². The Morgan fingerprint density at radius 3 is 2.19 bits per heavy atom. The highest BCUT2D eigenvalue weighted by molar-refractivity contribution is 7.99. The minimum Gasteiger partial charge on any atom is -0.321 e. The van der Waals surface area contributed by atoms with Crippen LogP contribution in [0.3, 0.4) is 0 Å². The van der Waals surface area contributed by atoms with Crippen LogP contribution in [-0.4, -0.2) is 5.91 Å². The van der Waals surface area contributed by atoms with Crippen molar-refractivity contribution in [1.29, 1.82) is 5.26 Å². The summed E-state index contributed by atoms with van der Waals surface area (Å²) in [4.78, 5) is 14.9. The first-order chi connectivity index (χ1) is 15.1. The van der Waals surface area contributed by atoms with Crippen LogP contribution < -0.4 is 5.32 Å². The highest BCUT2D eigenvalue weighted by Crippen LogP contribution is 2.28. The van der Waals surface area contributed by atoms with Gasteiger partial charge in [-0.15, -0.1) is 0 Å². The standard InChI is InChI=1S/C27H20N2OS/c1-19-6-12-25(13-7-19)31-26-14-8-20(9-15-26)16-23(18-28)27(30)29-24-11-10-21-4-2-3-5-22(21)17-24/h2-17H,1H3,(H,29,30). The Kier molecular flexibility index (Phi) is 6.16. The number of hydrogen-bond acceptors (Lipinski definition) is 3. The van der Waals surface area contributed by atoms with Gasteiger partial charge in [-0.25, -0.2) is 0 Å². The molecule has 0 bridgehead atoms. The SMILES string of the molecule is Cc1ccc(Sc2ccc(C=C(C#N)C(=O)Nc3ccc4ccccc4c3)cc2)cc1. The second-order valence-corrected chi connectivity index (χ2v) is 8.32. The maximum atomic E-state index is 12.6. The number of hydrogen-bond donors (Lipinski definition) is 1. The molecule has 3 nitrogen and oxygen atoms in total. The monoisotopic (exact) mass is 420 g/mol. The predicted molar refractivity (Wildman–Crippen MR) is 128 cm³/mol. The summed E-state index contributed by atoms with van der Waals surface area (Å²) >= 11 is 1.67. The Balaban J connectivity index is 1.47. The first kappa shape index (κ1) is 20.5. The average molecular weight is 421 g/mol. The number of aryl methyl sites for hydroxylation is 1. The van der Waals surface area contributed by atoms with Crippen molar-refractivity contribution in [2.24, 2.45) is 0 Å². The second-order valence-electron chi connectivity index (χ2n) is 7.17. The van der Waals surface area contributed by atoms with Gasteiger partial charge < -0.3 is 5.32 Å². The van der Waals surface area contributed by atoms with Crippen LogP contribution in [0.25, 0.3) is 16.8 Å². The molecule has 31 heavy (non-hydrogen) atoms. The van der Waals surface area contributed by atoms with Crippen molar-refractivity contribution >= 4 is 40.2 Å². The summed E-state index contributed by atoms with van der Waals surface area (Å²) in [6.45, 7) is 2.07. The molecule has 0 aliphatic rings. The minimum atomic E-state index is -0.420. The fourth-order valence-electron chi connectivity index (χ4n) is 3.16. The molecule has 4 aromatic carbocycles. The molecule has 0 unspecified atom stereocenters. The van der Waals surface area contributed by atoms with Gasteiger partial charge in [0, 0.05) is 15.5 Å². The van der Waals surface area contributed by atoms with Crippen LogP contribution in [0.4, 0.5) is 5.69 Å². The molecular formula is C27H20N2OS. The van der Waals surface area contributed by atoms with E-state index in [1.54, 1.807) is 17.8 Å². The Bertz CT molecular complexity index is 1300. The van der Waals surface area contributed by atoms with Crippen LogP contribution in [-0.2, 0) is 4.79 Å². The number of carbonyl (C=O) groups excluding carboxylic acids is 1. The van der Waals surface area contributed by atoms with Crippen molar-refractivity contribution in [2.75, 3.05) is 5.32 Å². The van der Waals surface area contributed by atoms with Gasteiger partial charge in [0.15, 0.2) is 0 Å². The van der Waals surface area contributed by atoms with Crippen molar-refractivity contribution in [1.82, 2.24) is 0 Å². The van der Waals surface area contributed by atoms with Gasteiger partial charge in [-0.1, -0.05) is 71.9 Å². The molecule has 4 aromatic rings. The Morgan fingerprint density at radius 1 is 0.871 bits per heavy atom. The van der Waals surface area contributed by atoms with E-state index in [0.717, 1.165) is 21.2 Å². The molecule has 4 rings (SSSR count). The number of amides is 1. The van der Waals surface area contributed by atoms with Gasteiger partial charge in [-0.2, -0.15) is 5.26 Å². The van der Waals surface area contributed by atoms with E-state index < -0.39 is 5.91 Å². The Morgan fingerprint density at radius 2 is 1.52 bits per heavy atom. The molecule has 1 N–H and O–H groups in total. The topological polar surface area (TPSA) is 52.9 Å². The van der Waals surface area contributed by atoms with Gasteiger partial charge in [0.2, 0.25) is 0 Å². The lowest BCUT2D eigenvalue weighted by Gasteiger charge is -2.06. The molecule has 0 radical (unpaired) electrons. The summed E-state index contributed by atoms with van der Waals surface area (Å²) in [7, 11) is 0. The first-order valence-corrected chi connectivity index (χ1v) is 10.7. The van der Waals surface area contributed by atoms with E-state index in [-0.39, 0.29) is 5.57 Å². The lowest BCUT2D eigenvalue weighted by atomic mass is 10.1. The smallest absolute Gasteiger partial charge is 0.266 e. The van der Waals surface area contributed by atoms with Gasteiger partial charge in [0.25, 0.3) is 5.91 Å². The van der Waals surface area contributed by atoms with Crippen LogP contribution in [0.15, 0.2) is 106 Å². The van der Waals surface area contributed by atoms with E-state index in [4.69, 9.17) is 0 Å². The van der Waals surface area contributed by atoms with E-state index in [1.165, 1.54) is 10.5 Å². The zero-order valence-electron chi connectivity index (χ0n) is 17.0. The Hall–Kier alpha value is -3.81. The fourth-order valence-corrected chi connectivity index (χ4v) is 3.97. The van der Waals surface area contributed by atoms with E-state index >= 15 is 0 Å². The number of anilines is 1. The molecule has 0 atom stereocenters. The zero-order chi connectivity index (χ0) is 21.6. The summed E-state index contributed by atoms with van der Waals surface area (Å²) in [5.41, 5.74) is 2.76. The first-order valence-electron chi connectivity index (χ1n) is 9.87. The number of rotatable bonds is 5. The number of nitriles is 1. The lowest BCUT2D eigenvalue weighted by molar-refractivity contribution is -0.112. The van der Waals surface area contributed by atoms with Gasteiger partial charge >= 0.3 is 0 Å². The van der Waals surface area contributed by atoms with Crippen LogP contribution in [0.5, 0.6) is 0 Å². The van der Waals surface area contributed by atoms with Crippen molar-refractivity contribution in [3.8, 4) is 6.07 Å².